The molecule has 4 nitrogen and oxygen atoms in total. The molecule has 0 aliphatic carbocycles. The van der Waals surface area contributed by atoms with E-state index < -0.39 is 0 Å². The topological polar surface area (TPSA) is 47.6 Å². The molecule has 5 heteroatoms. The number of nitrogens with one attached hydrogen (secondary N) is 1. The fourth-order valence-electron chi connectivity index (χ4n) is 2.06. The van der Waals surface area contributed by atoms with Gasteiger partial charge in [-0.25, -0.2) is 0 Å². The van der Waals surface area contributed by atoms with Crippen molar-refractivity contribution < 1.29 is 14.3 Å². The first-order chi connectivity index (χ1) is 11.2. The van der Waals surface area contributed by atoms with Crippen molar-refractivity contribution in [2.45, 2.75) is 13.3 Å². The standard InChI is InChI=1S/C18H21NO3S/c1-3-22-16-8-6-14(13-17(16)21-2)7-9-18(20)19-11-10-15-5-4-12-23-15/h4-9,12-13H,3,10-11H2,1-2H3,(H,19,20)/b9-7+. The second kappa shape index (κ2) is 9.00. The molecule has 2 rings (SSSR count). The summed E-state index contributed by atoms with van der Waals surface area (Å²) in [6.45, 7) is 3.14. The first-order valence-corrected chi connectivity index (χ1v) is 8.40. The molecule has 2 aromatic rings. The predicted octanol–water partition coefficient (Wildman–Crippen LogP) is 3.53. The van der Waals surface area contributed by atoms with Crippen LogP contribution < -0.4 is 14.8 Å². The van der Waals surface area contributed by atoms with Crippen LogP contribution in [0.1, 0.15) is 17.4 Å². The van der Waals surface area contributed by atoms with Gasteiger partial charge < -0.3 is 14.8 Å². The number of carbonyl (C=O) groups excluding carboxylic acids is 1. The molecule has 0 saturated heterocycles. The first-order valence-electron chi connectivity index (χ1n) is 7.52. The van der Waals surface area contributed by atoms with Crippen molar-refractivity contribution in [2.75, 3.05) is 20.3 Å². The lowest BCUT2D eigenvalue weighted by molar-refractivity contribution is -0.116. The number of hydrogen-bond donors (Lipinski definition) is 1. The Labute approximate surface area is 140 Å². The molecule has 1 aromatic carbocycles. The van der Waals surface area contributed by atoms with Crippen molar-refractivity contribution in [1.82, 2.24) is 5.32 Å². The maximum atomic E-state index is 11.8. The van der Waals surface area contributed by atoms with Gasteiger partial charge >= 0.3 is 0 Å². The molecule has 23 heavy (non-hydrogen) atoms. The van der Waals surface area contributed by atoms with E-state index in [-0.39, 0.29) is 5.91 Å². The lowest BCUT2D eigenvalue weighted by atomic mass is 10.2. The summed E-state index contributed by atoms with van der Waals surface area (Å²) in [6.07, 6.45) is 4.15. The minimum absolute atomic E-state index is 0.102. The van der Waals surface area contributed by atoms with Crippen LogP contribution in [0.25, 0.3) is 6.08 Å². The van der Waals surface area contributed by atoms with E-state index in [0.29, 0.717) is 24.7 Å². The average Bonchev–Trinajstić information content (AvgIpc) is 3.07. The van der Waals surface area contributed by atoms with Gasteiger partial charge in [0.25, 0.3) is 0 Å². The summed E-state index contributed by atoms with van der Waals surface area (Å²) in [5, 5.41) is 4.91. The maximum absolute atomic E-state index is 11.8. The van der Waals surface area contributed by atoms with Crippen LogP contribution in [0.5, 0.6) is 11.5 Å². The Morgan fingerprint density at radius 3 is 2.87 bits per heavy atom. The zero-order valence-electron chi connectivity index (χ0n) is 13.4. The van der Waals surface area contributed by atoms with Crippen LogP contribution in [-0.4, -0.2) is 26.2 Å². The SMILES string of the molecule is CCOc1ccc(/C=C/C(=O)NCCc2cccs2)cc1OC. The Hall–Kier alpha value is -2.27. The van der Waals surface area contributed by atoms with E-state index >= 15 is 0 Å². The van der Waals surface area contributed by atoms with Gasteiger partial charge in [0.2, 0.25) is 5.91 Å². The number of benzene rings is 1. The van der Waals surface area contributed by atoms with Gasteiger partial charge in [0.1, 0.15) is 0 Å². The number of ether oxygens (including phenoxy) is 2. The smallest absolute Gasteiger partial charge is 0.244 e. The summed E-state index contributed by atoms with van der Waals surface area (Å²) in [5.74, 6) is 1.26. The quantitative estimate of drug-likeness (QED) is 0.753. The van der Waals surface area contributed by atoms with Crippen molar-refractivity contribution >= 4 is 23.3 Å². The second-order valence-corrected chi connectivity index (χ2v) is 5.83. The molecule has 0 bridgehead atoms. The van der Waals surface area contributed by atoms with Gasteiger partial charge in [-0.2, -0.15) is 0 Å². The summed E-state index contributed by atoms with van der Waals surface area (Å²) in [5.41, 5.74) is 0.888. The van der Waals surface area contributed by atoms with Crippen molar-refractivity contribution in [1.29, 1.82) is 0 Å². The summed E-state index contributed by atoms with van der Waals surface area (Å²) >= 11 is 1.70. The van der Waals surface area contributed by atoms with E-state index in [2.05, 4.69) is 11.4 Å². The van der Waals surface area contributed by atoms with Gasteiger partial charge in [-0.05, 0) is 48.6 Å². The normalized spacial score (nSPS) is 10.7. The number of methoxy groups -OCH3 is 1. The molecule has 122 valence electrons. The van der Waals surface area contributed by atoms with Crippen LogP contribution in [0.4, 0.5) is 0 Å². The third-order valence-electron chi connectivity index (χ3n) is 3.17. The number of thiophene rings is 1. The highest BCUT2D eigenvalue weighted by Gasteiger charge is 2.04. The van der Waals surface area contributed by atoms with Gasteiger partial charge in [0.15, 0.2) is 11.5 Å². The molecule has 0 atom stereocenters. The average molecular weight is 331 g/mol. The monoisotopic (exact) mass is 331 g/mol. The molecular formula is C18H21NO3S. The molecule has 0 spiro atoms. The van der Waals surface area contributed by atoms with Crippen molar-refractivity contribution in [3.05, 3.63) is 52.2 Å². The van der Waals surface area contributed by atoms with Crippen LogP contribution in [-0.2, 0) is 11.2 Å². The van der Waals surface area contributed by atoms with E-state index in [1.165, 1.54) is 11.0 Å². The van der Waals surface area contributed by atoms with Crippen LogP contribution in [0.2, 0.25) is 0 Å². The zero-order chi connectivity index (χ0) is 16.5. The third-order valence-corrected chi connectivity index (χ3v) is 4.10. The van der Waals surface area contributed by atoms with Gasteiger partial charge in [0, 0.05) is 17.5 Å². The molecule has 1 heterocycles. The third kappa shape index (κ3) is 5.45. The minimum Gasteiger partial charge on any atom is -0.493 e. The predicted molar refractivity (Wildman–Crippen MR) is 94.2 cm³/mol. The number of amides is 1. The molecule has 0 saturated carbocycles. The molecule has 1 amide bonds. The zero-order valence-corrected chi connectivity index (χ0v) is 14.2. The van der Waals surface area contributed by atoms with Gasteiger partial charge in [-0.15, -0.1) is 11.3 Å². The van der Waals surface area contributed by atoms with Crippen molar-refractivity contribution in [2.24, 2.45) is 0 Å². The van der Waals surface area contributed by atoms with E-state index in [1.807, 2.05) is 36.6 Å². The summed E-state index contributed by atoms with van der Waals surface area (Å²) in [6, 6.07) is 9.67. The van der Waals surface area contributed by atoms with E-state index in [4.69, 9.17) is 9.47 Å². The molecule has 0 unspecified atom stereocenters. The second-order valence-electron chi connectivity index (χ2n) is 4.80. The van der Waals surface area contributed by atoms with Gasteiger partial charge in [-0.3, -0.25) is 4.79 Å². The van der Waals surface area contributed by atoms with Crippen LogP contribution in [0, 0.1) is 0 Å². The fraction of sp³-hybridized carbons (Fsp3) is 0.278. The highest BCUT2D eigenvalue weighted by molar-refractivity contribution is 7.09. The van der Waals surface area contributed by atoms with Crippen LogP contribution in [0.15, 0.2) is 41.8 Å². The highest BCUT2D eigenvalue weighted by Crippen LogP contribution is 2.28. The van der Waals surface area contributed by atoms with Gasteiger partial charge in [0.05, 0.1) is 13.7 Å². The van der Waals surface area contributed by atoms with Crippen LogP contribution >= 0.6 is 11.3 Å². The highest BCUT2D eigenvalue weighted by atomic mass is 32.1. The number of rotatable bonds is 8. The van der Waals surface area contributed by atoms with E-state index in [9.17, 15) is 4.79 Å². The lowest BCUT2D eigenvalue weighted by Gasteiger charge is -2.09. The Balaban J connectivity index is 1.87. The lowest BCUT2D eigenvalue weighted by Crippen LogP contribution is -2.23. The molecule has 1 N–H and O–H groups in total. The fourth-order valence-corrected chi connectivity index (χ4v) is 2.77. The Morgan fingerprint density at radius 2 is 2.17 bits per heavy atom. The molecule has 0 aliphatic rings. The molecule has 1 aromatic heterocycles. The summed E-state index contributed by atoms with van der Waals surface area (Å²) in [7, 11) is 1.60. The summed E-state index contributed by atoms with van der Waals surface area (Å²) in [4.78, 5) is 13.1. The number of hydrogen-bond acceptors (Lipinski definition) is 4. The maximum Gasteiger partial charge on any atom is 0.244 e. The number of carbonyl (C=O) groups is 1. The minimum atomic E-state index is -0.102. The molecule has 0 aliphatic heterocycles. The Bertz CT molecular complexity index is 650. The first kappa shape index (κ1) is 17.1. The van der Waals surface area contributed by atoms with Crippen molar-refractivity contribution in [3.8, 4) is 11.5 Å². The largest absolute Gasteiger partial charge is 0.493 e. The van der Waals surface area contributed by atoms with Crippen LogP contribution in [0.3, 0.4) is 0 Å². The Morgan fingerprint density at radius 1 is 1.30 bits per heavy atom. The molecule has 0 radical (unpaired) electrons. The van der Waals surface area contributed by atoms with Crippen molar-refractivity contribution in [3.63, 3.8) is 0 Å². The summed E-state index contributed by atoms with van der Waals surface area (Å²) < 4.78 is 10.8. The van der Waals surface area contributed by atoms with E-state index in [0.717, 1.165) is 12.0 Å². The molecule has 0 fully saturated rings. The van der Waals surface area contributed by atoms with E-state index in [1.54, 1.807) is 24.5 Å². The van der Waals surface area contributed by atoms with Gasteiger partial charge in [-0.1, -0.05) is 12.1 Å². The Kier molecular flexibility index (Phi) is 6.69. The molecular weight excluding hydrogens is 310 g/mol.